The van der Waals surface area contributed by atoms with Crippen LogP contribution in [0.5, 0.6) is 0 Å². The van der Waals surface area contributed by atoms with Gasteiger partial charge in [-0.05, 0) is 46.8 Å². The zero-order valence-electron chi connectivity index (χ0n) is 12.8. The van der Waals surface area contributed by atoms with Crippen molar-refractivity contribution in [2.24, 2.45) is 0 Å². The fourth-order valence-corrected chi connectivity index (χ4v) is 3.97. The molecule has 5 nitrogen and oxygen atoms in total. The normalized spacial score (nSPS) is 21.7. The third kappa shape index (κ3) is 5.02. The van der Waals surface area contributed by atoms with Gasteiger partial charge in [-0.1, -0.05) is 6.92 Å². The summed E-state index contributed by atoms with van der Waals surface area (Å²) < 4.78 is 26.3. The molecule has 0 bridgehead atoms. The Morgan fingerprint density at radius 1 is 1.21 bits per heavy atom. The van der Waals surface area contributed by atoms with Crippen molar-refractivity contribution in [2.45, 2.75) is 39.2 Å². The first kappa shape index (κ1) is 16.9. The Labute approximate surface area is 118 Å². The molecular formula is C13H29N3O2S. The summed E-state index contributed by atoms with van der Waals surface area (Å²) in [6, 6.07) is 0. The zero-order chi connectivity index (χ0) is 14.5. The first-order valence-corrected chi connectivity index (χ1v) is 8.80. The number of hydrogen-bond acceptors (Lipinski definition) is 4. The maximum Gasteiger partial charge on any atom is 0.214 e. The van der Waals surface area contributed by atoms with Gasteiger partial charge in [-0.15, -0.1) is 0 Å². The van der Waals surface area contributed by atoms with Gasteiger partial charge in [0, 0.05) is 25.2 Å². The Morgan fingerprint density at radius 2 is 1.89 bits per heavy atom. The van der Waals surface area contributed by atoms with Crippen LogP contribution in [-0.4, -0.2) is 68.7 Å². The number of unbranched alkanes of at least 4 members (excludes halogenated alkanes) is 1. The van der Waals surface area contributed by atoms with E-state index in [2.05, 4.69) is 38.0 Å². The Balaban J connectivity index is 2.45. The van der Waals surface area contributed by atoms with Gasteiger partial charge in [-0.3, -0.25) is 4.90 Å². The van der Waals surface area contributed by atoms with Gasteiger partial charge in [0.05, 0.1) is 5.75 Å². The van der Waals surface area contributed by atoms with E-state index in [1.807, 2.05) is 0 Å². The van der Waals surface area contributed by atoms with E-state index in [4.69, 9.17) is 0 Å². The molecule has 0 aromatic rings. The summed E-state index contributed by atoms with van der Waals surface area (Å²) in [5.41, 5.74) is -0.0743. The van der Waals surface area contributed by atoms with Crippen molar-refractivity contribution in [3.8, 4) is 0 Å². The molecule has 1 heterocycles. The molecule has 19 heavy (non-hydrogen) atoms. The second-order valence-electron chi connectivity index (χ2n) is 5.94. The van der Waals surface area contributed by atoms with E-state index in [9.17, 15) is 8.42 Å². The Kier molecular flexibility index (Phi) is 6.23. The van der Waals surface area contributed by atoms with Crippen LogP contribution in [0.15, 0.2) is 0 Å². The molecule has 114 valence electrons. The van der Waals surface area contributed by atoms with Crippen LogP contribution in [0.1, 0.15) is 33.6 Å². The van der Waals surface area contributed by atoms with Gasteiger partial charge < -0.3 is 5.32 Å². The second kappa shape index (κ2) is 7.02. The average Bonchev–Trinajstić information content (AvgIpc) is 2.32. The highest BCUT2D eigenvalue weighted by molar-refractivity contribution is 7.89. The van der Waals surface area contributed by atoms with Crippen molar-refractivity contribution in [2.75, 3.05) is 45.5 Å². The molecule has 0 atom stereocenters. The number of likely N-dealkylation sites (N-methyl/N-ethyl adjacent to an activating group) is 1. The number of nitrogens with zero attached hydrogens (tertiary/aromatic N) is 2. The number of sulfonamides is 1. The summed E-state index contributed by atoms with van der Waals surface area (Å²) in [4.78, 5) is 2.23. The zero-order valence-corrected chi connectivity index (χ0v) is 13.6. The minimum atomic E-state index is -3.09. The maximum atomic E-state index is 12.3. The van der Waals surface area contributed by atoms with Crippen molar-refractivity contribution in [1.29, 1.82) is 0 Å². The van der Waals surface area contributed by atoms with Crippen LogP contribution in [-0.2, 0) is 10.0 Å². The fraction of sp³-hybridized carbons (Fsp3) is 1.00. The van der Waals surface area contributed by atoms with E-state index in [0.29, 0.717) is 13.1 Å². The largest absolute Gasteiger partial charge is 0.317 e. The molecule has 1 fully saturated rings. The molecular weight excluding hydrogens is 262 g/mol. The molecule has 0 amide bonds. The topological polar surface area (TPSA) is 52.7 Å². The Bertz CT molecular complexity index is 368. The van der Waals surface area contributed by atoms with Gasteiger partial charge in [0.2, 0.25) is 10.0 Å². The molecule has 0 aromatic carbocycles. The lowest BCUT2D eigenvalue weighted by atomic mass is 10.0. The van der Waals surface area contributed by atoms with Crippen LogP contribution >= 0.6 is 0 Å². The van der Waals surface area contributed by atoms with E-state index >= 15 is 0 Å². The maximum absolute atomic E-state index is 12.3. The van der Waals surface area contributed by atoms with Crippen LogP contribution in [0.3, 0.4) is 0 Å². The van der Waals surface area contributed by atoms with Crippen molar-refractivity contribution < 1.29 is 8.42 Å². The monoisotopic (exact) mass is 291 g/mol. The molecule has 0 saturated carbocycles. The van der Waals surface area contributed by atoms with Crippen LogP contribution in [0.2, 0.25) is 0 Å². The predicted molar refractivity (Wildman–Crippen MR) is 79.8 cm³/mol. The van der Waals surface area contributed by atoms with Crippen molar-refractivity contribution in [3.05, 3.63) is 0 Å². The molecule has 0 aromatic heterocycles. The first-order valence-electron chi connectivity index (χ1n) is 7.19. The number of rotatable bonds is 7. The molecule has 6 heteroatoms. The van der Waals surface area contributed by atoms with Gasteiger partial charge in [-0.2, -0.15) is 4.31 Å². The minimum Gasteiger partial charge on any atom is -0.317 e. The molecule has 0 radical (unpaired) electrons. The molecule has 0 unspecified atom stereocenters. The summed E-state index contributed by atoms with van der Waals surface area (Å²) in [5.74, 6) is 0.276. The summed E-state index contributed by atoms with van der Waals surface area (Å²) in [6.07, 6.45) is 1.66. The molecule has 1 N–H and O–H groups in total. The van der Waals surface area contributed by atoms with Crippen LogP contribution in [0.4, 0.5) is 0 Å². The predicted octanol–water partition coefficient (Wildman–Crippen LogP) is 0.732. The molecule has 0 aliphatic carbocycles. The third-order valence-electron chi connectivity index (χ3n) is 3.93. The van der Waals surface area contributed by atoms with Crippen molar-refractivity contribution >= 4 is 10.0 Å². The lowest BCUT2D eigenvalue weighted by molar-refractivity contribution is 0.0801. The number of piperazine rings is 1. The lowest BCUT2D eigenvalue weighted by Gasteiger charge is -2.44. The highest BCUT2D eigenvalue weighted by Gasteiger charge is 2.35. The number of nitrogens with one attached hydrogen (secondary N) is 1. The fourth-order valence-electron chi connectivity index (χ4n) is 2.27. The van der Waals surface area contributed by atoms with Gasteiger partial charge in [-0.25, -0.2) is 8.42 Å². The summed E-state index contributed by atoms with van der Waals surface area (Å²) in [7, 11) is -1.03. The van der Waals surface area contributed by atoms with E-state index < -0.39 is 10.0 Å². The lowest BCUT2D eigenvalue weighted by Crippen LogP contribution is -2.59. The van der Waals surface area contributed by atoms with Gasteiger partial charge in [0.1, 0.15) is 0 Å². The van der Waals surface area contributed by atoms with Crippen LogP contribution in [0, 0.1) is 0 Å². The molecule has 1 aliphatic rings. The van der Waals surface area contributed by atoms with E-state index in [-0.39, 0.29) is 11.3 Å². The van der Waals surface area contributed by atoms with Crippen LogP contribution in [0.25, 0.3) is 0 Å². The highest BCUT2D eigenvalue weighted by Crippen LogP contribution is 2.21. The van der Waals surface area contributed by atoms with E-state index in [1.54, 1.807) is 4.31 Å². The molecule has 1 aliphatic heterocycles. The first-order chi connectivity index (χ1) is 8.79. The van der Waals surface area contributed by atoms with E-state index in [1.165, 1.54) is 0 Å². The summed E-state index contributed by atoms with van der Waals surface area (Å²) in [5, 5.41) is 3.22. The highest BCUT2D eigenvalue weighted by atomic mass is 32.2. The van der Waals surface area contributed by atoms with E-state index in [0.717, 1.165) is 32.5 Å². The van der Waals surface area contributed by atoms with Gasteiger partial charge >= 0.3 is 0 Å². The average molecular weight is 291 g/mol. The minimum absolute atomic E-state index is 0.0743. The quantitative estimate of drug-likeness (QED) is 0.703. The van der Waals surface area contributed by atoms with Gasteiger partial charge in [0.15, 0.2) is 0 Å². The Morgan fingerprint density at radius 3 is 2.47 bits per heavy atom. The van der Waals surface area contributed by atoms with Crippen LogP contribution < -0.4 is 5.32 Å². The standard InChI is InChI=1S/C13H29N3O2S/c1-5-14-8-6-7-11-19(17,18)16-10-9-15(4)13(2,3)12-16/h14H,5-12H2,1-4H3. The second-order valence-corrected chi connectivity index (χ2v) is 8.03. The third-order valence-corrected chi connectivity index (χ3v) is 5.83. The molecule has 1 rings (SSSR count). The summed E-state index contributed by atoms with van der Waals surface area (Å²) in [6.45, 7) is 10.1. The molecule has 0 spiro atoms. The van der Waals surface area contributed by atoms with Gasteiger partial charge in [0.25, 0.3) is 0 Å². The van der Waals surface area contributed by atoms with Crippen molar-refractivity contribution in [1.82, 2.24) is 14.5 Å². The molecule has 1 saturated heterocycles. The number of hydrogen-bond donors (Lipinski definition) is 1. The SMILES string of the molecule is CCNCCCCS(=O)(=O)N1CCN(C)C(C)(C)C1. The van der Waals surface area contributed by atoms with Crippen molar-refractivity contribution in [3.63, 3.8) is 0 Å². The Hall–Kier alpha value is -0.170. The smallest absolute Gasteiger partial charge is 0.214 e. The summed E-state index contributed by atoms with van der Waals surface area (Å²) >= 11 is 0.